The van der Waals surface area contributed by atoms with Crippen molar-refractivity contribution in [2.24, 2.45) is 0 Å². The number of carboxylic acid groups (broad SMARTS) is 1. The van der Waals surface area contributed by atoms with Crippen molar-refractivity contribution in [3.8, 4) is 5.88 Å². The van der Waals surface area contributed by atoms with Crippen LogP contribution in [0.15, 0.2) is 18.3 Å². The maximum atomic E-state index is 12.1. The van der Waals surface area contributed by atoms with E-state index in [0.29, 0.717) is 12.3 Å². The Morgan fingerprint density at radius 2 is 1.68 bits per heavy atom. The van der Waals surface area contributed by atoms with E-state index in [4.69, 9.17) is 5.11 Å². The van der Waals surface area contributed by atoms with Gasteiger partial charge in [-0.15, -0.1) is 0 Å². The molecule has 0 atom stereocenters. The van der Waals surface area contributed by atoms with E-state index in [2.05, 4.69) is 9.72 Å². The number of alkyl halides is 6. The third-order valence-electron chi connectivity index (χ3n) is 1.82. The number of aromatic carboxylic acids is 1. The van der Waals surface area contributed by atoms with E-state index >= 15 is 0 Å². The quantitative estimate of drug-likeness (QED) is 0.869. The van der Waals surface area contributed by atoms with Gasteiger partial charge in [0.25, 0.3) is 6.10 Å². The number of carboxylic acids is 1. The molecular formula is C9H5F6NO3. The number of hydrogen-bond acceptors (Lipinski definition) is 3. The first-order valence-corrected chi connectivity index (χ1v) is 4.51. The van der Waals surface area contributed by atoms with Crippen molar-refractivity contribution in [3.05, 3.63) is 23.9 Å². The highest BCUT2D eigenvalue weighted by molar-refractivity contribution is 5.87. The molecule has 0 unspecified atom stereocenters. The summed E-state index contributed by atoms with van der Waals surface area (Å²) in [6.07, 6.45) is -14.8. The molecule has 0 aliphatic heterocycles. The second kappa shape index (κ2) is 4.94. The molecule has 106 valence electrons. The lowest BCUT2D eigenvalue weighted by Crippen LogP contribution is -2.46. The van der Waals surface area contributed by atoms with Crippen LogP contribution in [0.25, 0.3) is 0 Å². The molecule has 0 bridgehead atoms. The molecule has 0 saturated heterocycles. The fourth-order valence-electron chi connectivity index (χ4n) is 1.02. The first-order chi connectivity index (χ1) is 8.51. The second-order valence-corrected chi connectivity index (χ2v) is 3.27. The first-order valence-electron chi connectivity index (χ1n) is 4.51. The van der Waals surface area contributed by atoms with Gasteiger partial charge in [0.1, 0.15) is 0 Å². The minimum absolute atomic E-state index is 0.400. The van der Waals surface area contributed by atoms with Gasteiger partial charge in [-0.1, -0.05) is 0 Å². The molecule has 0 aliphatic carbocycles. The zero-order chi connectivity index (χ0) is 14.8. The maximum Gasteiger partial charge on any atom is 0.434 e. The Kier molecular flexibility index (Phi) is 3.91. The Bertz CT molecular complexity index is 439. The van der Waals surface area contributed by atoms with Gasteiger partial charge in [-0.05, 0) is 6.07 Å². The smallest absolute Gasteiger partial charge is 0.434 e. The summed E-state index contributed by atoms with van der Waals surface area (Å²) in [5, 5.41) is 8.48. The molecule has 4 nitrogen and oxygen atoms in total. The van der Waals surface area contributed by atoms with Crippen LogP contribution in [0.5, 0.6) is 5.88 Å². The Balaban J connectivity index is 2.95. The summed E-state index contributed by atoms with van der Waals surface area (Å²) < 4.78 is 76.6. The van der Waals surface area contributed by atoms with Crippen LogP contribution in [0, 0.1) is 0 Å². The van der Waals surface area contributed by atoms with Gasteiger partial charge in [-0.25, -0.2) is 9.78 Å². The van der Waals surface area contributed by atoms with Crippen LogP contribution in [0.4, 0.5) is 26.3 Å². The highest BCUT2D eigenvalue weighted by atomic mass is 19.4. The minimum Gasteiger partial charge on any atom is -0.478 e. The van der Waals surface area contributed by atoms with E-state index < -0.39 is 35.9 Å². The van der Waals surface area contributed by atoms with Gasteiger partial charge in [0.15, 0.2) is 0 Å². The van der Waals surface area contributed by atoms with Crippen LogP contribution in [0.2, 0.25) is 0 Å². The summed E-state index contributed by atoms with van der Waals surface area (Å²) in [7, 11) is 0. The Labute approximate surface area is 101 Å². The van der Waals surface area contributed by atoms with Crippen LogP contribution in [-0.2, 0) is 0 Å². The summed E-state index contributed by atoms with van der Waals surface area (Å²) in [5.74, 6) is -2.41. The van der Waals surface area contributed by atoms with Crippen molar-refractivity contribution in [2.75, 3.05) is 0 Å². The van der Waals surface area contributed by atoms with Gasteiger partial charge < -0.3 is 9.84 Å². The number of halogens is 6. The predicted molar refractivity (Wildman–Crippen MR) is 47.7 cm³/mol. The van der Waals surface area contributed by atoms with E-state index in [1.165, 1.54) is 0 Å². The number of rotatable bonds is 3. The summed E-state index contributed by atoms with van der Waals surface area (Å²) in [4.78, 5) is 13.5. The van der Waals surface area contributed by atoms with Crippen molar-refractivity contribution >= 4 is 5.97 Å². The van der Waals surface area contributed by atoms with Crippen LogP contribution < -0.4 is 4.74 Å². The lowest BCUT2D eigenvalue weighted by Gasteiger charge is -2.23. The average Bonchev–Trinajstić information content (AvgIpc) is 2.23. The normalized spacial score (nSPS) is 12.6. The van der Waals surface area contributed by atoms with Crippen LogP contribution in [-0.4, -0.2) is 34.5 Å². The molecule has 0 radical (unpaired) electrons. The van der Waals surface area contributed by atoms with Crippen molar-refractivity contribution < 1.29 is 41.0 Å². The molecule has 0 saturated carbocycles. The molecule has 0 spiro atoms. The largest absolute Gasteiger partial charge is 0.478 e. The summed E-state index contributed by atoms with van der Waals surface area (Å²) in [6, 6.07) is 1.38. The zero-order valence-electron chi connectivity index (χ0n) is 8.79. The Morgan fingerprint density at radius 1 is 1.16 bits per heavy atom. The Hall–Kier alpha value is -2.00. The highest BCUT2D eigenvalue weighted by Crippen LogP contribution is 2.35. The lowest BCUT2D eigenvalue weighted by atomic mass is 10.3. The van der Waals surface area contributed by atoms with Gasteiger partial charge in [0, 0.05) is 12.3 Å². The number of carbonyl (C=O) groups is 1. The monoisotopic (exact) mass is 289 g/mol. The number of aromatic nitrogens is 1. The third-order valence-corrected chi connectivity index (χ3v) is 1.82. The van der Waals surface area contributed by atoms with Crippen LogP contribution >= 0.6 is 0 Å². The molecule has 19 heavy (non-hydrogen) atoms. The fourth-order valence-corrected chi connectivity index (χ4v) is 1.02. The number of hydrogen-bond donors (Lipinski definition) is 1. The van der Waals surface area contributed by atoms with Crippen molar-refractivity contribution in [3.63, 3.8) is 0 Å². The predicted octanol–water partition coefficient (Wildman–Crippen LogP) is 2.65. The fraction of sp³-hybridized carbons (Fsp3) is 0.333. The molecule has 1 rings (SSSR count). The molecule has 1 heterocycles. The molecule has 0 fully saturated rings. The topological polar surface area (TPSA) is 59.4 Å². The minimum atomic E-state index is -5.66. The molecule has 0 aliphatic rings. The van der Waals surface area contributed by atoms with E-state index in [1.54, 1.807) is 0 Å². The zero-order valence-corrected chi connectivity index (χ0v) is 8.79. The van der Waals surface area contributed by atoms with Crippen molar-refractivity contribution in [2.45, 2.75) is 18.5 Å². The molecular weight excluding hydrogens is 284 g/mol. The second-order valence-electron chi connectivity index (χ2n) is 3.27. The number of nitrogens with zero attached hydrogens (tertiary/aromatic N) is 1. The number of pyridine rings is 1. The number of ether oxygens (including phenoxy) is 1. The molecule has 1 aromatic heterocycles. The van der Waals surface area contributed by atoms with Gasteiger partial charge in [0.05, 0.1) is 5.56 Å². The van der Waals surface area contributed by atoms with Crippen LogP contribution in [0.1, 0.15) is 10.4 Å². The first kappa shape index (κ1) is 15.1. The van der Waals surface area contributed by atoms with Crippen molar-refractivity contribution in [1.29, 1.82) is 0 Å². The Morgan fingerprint density at radius 3 is 2.00 bits per heavy atom. The van der Waals surface area contributed by atoms with E-state index in [9.17, 15) is 31.1 Å². The van der Waals surface area contributed by atoms with Crippen LogP contribution in [0.3, 0.4) is 0 Å². The average molecular weight is 289 g/mol. The molecule has 0 amide bonds. The van der Waals surface area contributed by atoms with Gasteiger partial charge in [-0.2, -0.15) is 26.3 Å². The van der Waals surface area contributed by atoms with E-state index in [1.807, 2.05) is 0 Å². The molecule has 1 N–H and O–H groups in total. The van der Waals surface area contributed by atoms with Crippen molar-refractivity contribution in [1.82, 2.24) is 4.98 Å². The summed E-state index contributed by atoms with van der Waals surface area (Å²) >= 11 is 0. The van der Waals surface area contributed by atoms with E-state index in [-0.39, 0.29) is 0 Å². The third kappa shape index (κ3) is 4.00. The van der Waals surface area contributed by atoms with E-state index in [0.717, 1.165) is 6.07 Å². The highest BCUT2D eigenvalue weighted by Gasteiger charge is 2.59. The summed E-state index contributed by atoms with van der Waals surface area (Å²) in [5.41, 5.74) is -0.400. The molecule has 1 aromatic rings. The molecule has 0 aromatic carbocycles. The standard InChI is InChI=1S/C9H5F6NO3/c10-8(11,12)7(9(13,14)15)19-5-2-1-4(3-16-5)6(17)18/h1-3,7H,(H,17,18). The maximum absolute atomic E-state index is 12.1. The lowest BCUT2D eigenvalue weighted by molar-refractivity contribution is -0.300. The van der Waals surface area contributed by atoms with Gasteiger partial charge >= 0.3 is 18.3 Å². The molecule has 10 heteroatoms. The van der Waals surface area contributed by atoms with Gasteiger partial charge in [0.2, 0.25) is 5.88 Å². The van der Waals surface area contributed by atoms with Gasteiger partial charge in [-0.3, -0.25) is 0 Å². The SMILES string of the molecule is O=C(O)c1ccc(OC(C(F)(F)F)C(F)(F)F)nc1. The summed E-state index contributed by atoms with van der Waals surface area (Å²) in [6.45, 7) is 0.